The Morgan fingerprint density at radius 3 is 2.74 bits per heavy atom. The Kier molecular flexibility index (Phi) is 3.71. The van der Waals surface area contributed by atoms with Crippen LogP contribution in [0.2, 0.25) is 0 Å². The maximum absolute atomic E-state index is 11.2. The molecule has 0 spiro atoms. The minimum atomic E-state index is -0.978. The SMILES string of the molecule is CCc1cccc(Nc2cc(N)ccc2C(=O)O)c1. The molecule has 4 heteroatoms. The van der Waals surface area contributed by atoms with Gasteiger partial charge in [0.1, 0.15) is 0 Å². The number of anilines is 3. The van der Waals surface area contributed by atoms with E-state index in [0.29, 0.717) is 11.4 Å². The van der Waals surface area contributed by atoms with Gasteiger partial charge in [0.2, 0.25) is 0 Å². The maximum Gasteiger partial charge on any atom is 0.337 e. The van der Waals surface area contributed by atoms with Gasteiger partial charge in [-0.2, -0.15) is 0 Å². The molecule has 0 aliphatic rings. The van der Waals surface area contributed by atoms with Crippen LogP contribution in [0.1, 0.15) is 22.8 Å². The highest BCUT2D eigenvalue weighted by atomic mass is 16.4. The van der Waals surface area contributed by atoms with E-state index in [2.05, 4.69) is 12.2 Å². The van der Waals surface area contributed by atoms with Crippen molar-refractivity contribution in [2.45, 2.75) is 13.3 Å². The van der Waals surface area contributed by atoms with Gasteiger partial charge in [0.15, 0.2) is 0 Å². The Balaban J connectivity index is 2.36. The zero-order valence-corrected chi connectivity index (χ0v) is 10.7. The lowest BCUT2D eigenvalue weighted by Crippen LogP contribution is -2.03. The van der Waals surface area contributed by atoms with Gasteiger partial charge in [0, 0.05) is 11.4 Å². The first-order valence-electron chi connectivity index (χ1n) is 6.09. The third-order valence-corrected chi connectivity index (χ3v) is 2.89. The molecule has 0 atom stereocenters. The number of rotatable bonds is 4. The molecule has 0 bridgehead atoms. The molecular weight excluding hydrogens is 240 g/mol. The molecule has 4 nitrogen and oxygen atoms in total. The van der Waals surface area contributed by atoms with Gasteiger partial charge >= 0.3 is 5.97 Å². The fraction of sp³-hybridized carbons (Fsp3) is 0.133. The van der Waals surface area contributed by atoms with Crippen molar-refractivity contribution in [3.8, 4) is 0 Å². The Hall–Kier alpha value is -2.49. The third-order valence-electron chi connectivity index (χ3n) is 2.89. The second-order valence-corrected chi connectivity index (χ2v) is 4.29. The second kappa shape index (κ2) is 5.44. The molecule has 0 aromatic heterocycles. The van der Waals surface area contributed by atoms with Crippen molar-refractivity contribution in [2.75, 3.05) is 11.1 Å². The van der Waals surface area contributed by atoms with Crippen LogP contribution >= 0.6 is 0 Å². The summed E-state index contributed by atoms with van der Waals surface area (Å²) >= 11 is 0. The molecule has 0 saturated heterocycles. The van der Waals surface area contributed by atoms with Crippen molar-refractivity contribution in [1.82, 2.24) is 0 Å². The van der Waals surface area contributed by atoms with Gasteiger partial charge in [-0.15, -0.1) is 0 Å². The van der Waals surface area contributed by atoms with Crippen molar-refractivity contribution in [3.63, 3.8) is 0 Å². The van der Waals surface area contributed by atoms with E-state index >= 15 is 0 Å². The highest BCUT2D eigenvalue weighted by molar-refractivity contribution is 5.96. The lowest BCUT2D eigenvalue weighted by molar-refractivity contribution is 0.0698. The fourth-order valence-corrected chi connectivity index (χ4v) is 1.88. The number of carbonyl (C=O) groups is 1. The zero-order chi connectivity index (χ0) is 13.8. The summed E-state index contributed by atoms with van der Waals surface area (Å²) in [6, 6.07) is 12.6. The van der Waals surface area contributed by atoms with Gasteiger partial charge < -0.3 is 16.2 Å². The summed E-state index contributed by atoms with van der Waals surface area (Å²) in [4.78, 5) is 11.2. The molecule has 0 heterocycles. The Morgan fingerprint density at radius 1 is 1.26 bits per heavy atom. The topological polar surface area (TPSA) is 75.3 Å². The lowest BCUT2D eigenvalue weighted by atomic mass is 10.1. The Bertz CT molecular complexity index is 609. The van der Waals surface area contributed by atoms with Crippen LogP contribution in [0.15, 0.2) is 42.5 Å². The quantitative estimate of drug-likeness (QED) is 0.734. The molecule has 0 aliphatic heterocycles. The summed E-state index contributed by atoms with van der Waals surface area (Å²) in [6.45, 7) is 2.07. The van der Waals surface area contributed by atoms with E-state index < -0.39 is 5.97 Å². The van der Waals surface area contributed by atoms with E-state index in [0.717, 1.165) is 12.1 Å². The number of nitrogens with two attached hydrogens (primary N) is 1. The number of aromatic carboxylic acids is 1. The van der Waals surface area contributed by atoms with E-state index in [4.69, 9.17) is 10.8 Å². The summed E-state index contributed by atoms with van der Waals surface area (Å²) in [6.07, 6.45) is 0.929. The van der Waals surface area contributed by atoms with Crippen LogP contribution in [0.3, 0.4) is 0 Å². The molecule has 19 heavy (non-hydrogen) atoms. The number of hydrogen-bond acceptors (Lipinski definition) is 3. The van der Waals surface area contributed by atoms with Crippen molar-refractivity contribution in [3.05, 3.63) is 53.6 Å². The number of carboxylic acids is 1. The predicted octanol–water partition coefficient (Wildman–Crippen LogP) is 3.27. The van der Waals surface area contributed by atoms with Crippen LogP contribution in [-0.2, 0) is 6.42 Å². The highest BCUT2D eigenvalue weighted by Gasteiger charge is 2.10. The molecule has 2 rings (SSSR count). The Labute approximate surface area is 111 Å². The van der Waals surface area contributed by atoms with Crippen LogP contribution in [-0.4, -0.2) is 11.1 Å². The predicted molar refractivity (Wildman–Crippen MR) is 76.9 cm³/mol. The number of nitrogen functional groups attached to an aromatic ring is 1. The monoisotopic (exact) mass is 256 g/mol. The van der Waals surface area contributed by atoms with Crippen LogP contribution in [0, 0.1) is 0 Å². The van der Waals surface area contributed by atoms with Crippen LogP contribution in [0.25, 0.3) is 0 Å². The largest absolute Gasteiger partial charge is 0.478 e. The van der Waals surface area contributed by atoms with Crippen molar-refractivity contribution in [2.24, 2.45) is 0 Å². The normalized spacial score (nSPS) is 10.2. The lowest BCUT2D eigenvalue weighted by Gasteiger charge is -2.11. The van der Waals surface area contributed by atoms with Gasteiger partial charge in [-0.1, -0.05) is 19.1 Å². The van der Waals surface area contributed by atoms with Crippen LogP contribution < -0.4 is 11.1 Å². The van der Waals surface area contributed by atoms with Gasteiger partial charge in [-0.05, 0) is 42.3 Å². The number of benzene rings is 2. The minimum Gasteiger partial charge on any atom is -0.478 e. The van der Waals surface area contributed by atoms with E-state index in [-0.39, 0.29) is 5.56 Å². The van der Waals surface area contributed by atoms with Gasteiger partial charge in [-0.25, -0.2) is 4.79 Å². The molecular formula is C15H16N2O2. The average Bonchev–Trinajstić information content (AvgIpc) is 2.38. The van der Waals surface area contributed by atoms with Gasteiger partial charge in [0.25, 0.3) is 0 Å². The van der Waals surface area contributed by atoms with Crippen molar-refractivity contribution in [1.29, 1.82) is 0 Å². The summed E-state index contributed by atoms with van der Waals surface area (Å²) in [5.74, 6) is -0.978. The molecule has 0 aliphatic carbocycles. The first kappa shape index (κ1) is 13.0. The zero-order valence-electron chi connectivity index (χ0n) is 10.7. The van der Waals surface area contributed by atoms with Crippen LogP contribution in [0.4, 0.5) is 17.1 Å². The molecule has 2 aromatic carbocycles. The summed E-state index contributed by atoms with van der Waals surface area (Å²) in [7, 11) is 0. The second-order valence-electron chi connectivity index (χ2n) is 4.29. The van der Waals surface area contributed by atoms with Gasteiger partial charge in [0.05, 0.1) is 11.3 Å². The fourth-order valence-electron chi connectivity index (χ4n) is 1.88. The molecule has 4 N–H and O–H groups in total. The third kappa shape index (κ3) is 3.04. The van der Waals surface area contributed by atoms with Crippen LogP contribution in [0.5, 0.6) is 0 Å². The number of nitrogens with one attached hydrogen (secondary N) is 1. The molecule has 0 saturated carbocycles. The molecule has 0 fully saturated rings. The average molecular weight is 256 g/mol. The number of aryl methyl sites for hydroxylation is 1. The first-order chi connectivity index (χ1) is 9.10. The van der Waals surface area contributed by atoms with E-state index in [9.17, 15) is 4.79 Å². The van der Waals surface area contributed by atoms with E-state index in [1.54, 1.807) is 12.1 Å². The molecule has 2 aromatic rings. The summed E-state index contributed by atoms with van der Waals surface area (Å²) in [5, 5.41) is 12.3. The summed E-state index contributed by atoms with van der Waals surface area (Å²) < 4.78 is 0. The van der Waals surface area contributed by atoms with Gasteiger partial charge in [-0.3, -0.25) is 0 Å². The minimum absolute atomic E-state index is 0.205. The Morgan fingerprint density at radius 2 is 2.05 bits per heavy atom. The molecule has 0 radical (unpaired) electrons. The van der Waals surface area contributed by atoms with E-state index in [1.807, 2.05) is 24.3 Å². The molecule has 0 unspecified atom stereocenters. The standard InChI is InChI=1S/C15H16N2O2/c1-2-10-4-3-5-12(8-10)17-14-9-11(16)6-7-13(14)15(18)19/h3-9,17H,2,16H2,1H3,(H,18,19). The maximum atomic E-state index is 11.2. The van der Waals surface area contributed by atoms with Crippen molar-refractivity contribution >= 4 is 23.0 Å². The highest BCUT2D eigenvalue weighted by Crippen LogP contribution is 2.24. The summed E-state index contributed by atoms with van der Waals surface area (Å²) in [5.41, 5.74) is 8.98. The molecule has 98 valence electrons. The first-order valence-corrected chi connectivity index (χ1v) is 6.09. The smallest absolute Gasteiger partial charge is 0.337 e. The number of carboxylic acid groups (broad SMARTS) is 1. The molecule has 0 amide bonds. The number of hydrogen-bond donors (Lipinski definition) is 3. The van der Waals surface area contributed by atoms with E-state index in [1.165, 1.54) is 11.6 Å². The van der Waals surface area contributed by atoms with Crippen molar-refractivity contribution < 1.29 is 9.90 Å².